The van der Waals surface area contributed by atoms with E-state index in [0.717, 1.165) is 11.1 Å². The first-order valence-corrected chi connectivity index (χ1v) is 9.06. The van der Waals surface area contributed by atoms with Gasteiger partial charge in [0.2, 0.25) is 5.91 Å². The van der Waals surface area contributed by atoms with Crippen LogP contribution in [0, 0.1) is 0 Å². The Morgan fingerprint density at radius 1 is 0.963 bits per heavy atom. The molecule has 2 N–H and O–H groups in total. The minimum atomic E-state index is -1.14. The minimum absolute atomic E-state index is 0.0237. The molecule has 2 aromatic rings. The van der Waals surface area contributed by atoms with Crippen molar-refractivity contribution in [1.29, 1.82) is 0 Å². The van der Waals surface area contributed by atoms with Gasteiger partial charge in [-0.05, 0) is 24.5 Å². The highest BCUT2D eigenvalue weighted by molar-refractivity contribution is 5.94. The van der Waals surface area contributed by atoms with Gasteiger partial charge in [-0.1, -0.05) is 67.6 Å². The van der Waals surface area contributed by atoms with Crippen LogP contribution < -0.4 is 5.32 Å². The lowest BCUT2D eigenvalue weighted by Crippen LogP contribution is -2.50. The molecule has 0 saturated carbocycles. The molecule has 0 aliphatic rings. The second kappa shape index (κ2) is 9.12. The van der Waals surface area contributed by atoms with Crippen molar-refractivity contribution in [3.63, 3.8) is 0 Å². The first kappa shape index (κ1) is 20.4. The van der Waals surface area contributed by atoms with E-state index in [1.165, 1.54) is 0 Å². The molecule has 0 fully saturated rings. The Labute approximate surface area is 159 Å². The first-order valence-electron chi connectivity index (χ1n) is 9.06. The molecular weight excluding hydrogens is 342 g/mol. The summed E-state index contributed by atoms with van der Waals surface area (Å²) in [5.74, 6) is -1.57. The molecule has 0 spiro atoms. The van der Waals surface area contributed by atoms with Crippen molar-refractivity contribution in [1.82, 2.24) is 5.32 Å². The Morgan fingerprint density at radius 2 is 1.44 bits per heavy atom. The van der Waals surface area contributed by atoms with Gasteiger partial charge >= 0.3 is 5.97 Å². The second-order valence-electron chi connectivity index (χ2n) is 6.65. The number of benzene rings is 2. The summed E-state index contributed by atoms with van der Waals surface area (Å²) >= 11 is 0. The molecule has 0 saturated heterocycles. The fraction of sp³-hybridized carbons (Fsp3) is 0.318. The van der Waals surface area contributed by atoms with Gasteiger partial charge in [0, 0.05) is 12.8 Å². The van der Waals surface area contributed by atoms with Crippen molar-refractivity contribution in [2.24, 2.45) is 0 Å². The van der Waals surface area contributed by atoms with Crippen molar-refractivity contribution in [2.45, 2.75) is 44.6 Å². The SMILES string of the molecule is CCC(=O)CC[C@H](NC(=O)C(C)(c1ccccc1)c1ccccc1)C(=O)O. The molecule has 2 rings (SSSR count). The summed E-state index contributed by atoms with van der Waals surface area (Å²) in [6, 6.07) is 17.4. The lowest BCUT2D eigenvalue weighted by Gasteiger charge is -2.31. The average molecular weight is 367 g/mol. The van der Waals surface area contributed by atoms with Crippen molar-refractivity contribution in [3.05, 3.63) is 71.8 Å². The number of nitrogens with one attached hydrogen (secondary N) is 1. The monoisotopic (exact) mass is 367 g/mol. The number of carbonyl (C=O) groups excluding carboxylic acids is 2. The van der Waals surface area contributed by atoms with Crippen LogP contribution in [0.5, 0.6) is 0 Å². The number of carboxylic acid groups (broad SMARTS) is 1. The van der Waals surface area contributed by atoms with Gasteiger partial charge in [0.15, 0.2) is 0 Å². The fourth-order valence-electron chi connectivity index (χ4n) is 3.01. The Bertz CT molecular complexity index is 747. The third-order valence-electron chi connectivity index (χ3n) is 4.87. The van der Waals surface area contributed by atoms with Gasteiger partial charge in [0.25, 0.3) is 0 Å². The molecule has 1 amide bonds. The van der Waals surface area contributed by atoms with E-state index in [4.69, 9.17) is 0 Å². The molecule has 5 heteroatoms. The molecule has 5 nitrogen and oxygen atoms in total. The summed E-state index contributed by atoms with van der Waals surface area (Å²) in [6.45, 7) is 3.52. The van der Waals surface area contributed by atoms with Gasteiger partial charge in [0.1, 0.15) is 11.8 Å². The average Bonchev–Trinajstić information content (AvgIpc) is 2.70. The molecule has 2 aromatic carbocycles. The molecule has 1 atom stereocenters. The molecule has 0 aromatic heterocycles. The summed E-state index contributed by atoms with van der Waals surface area (Å²) in [4.78, 5) is 36.4. The summed E-state index contributed by atoms with van der Waals surface area (Å²) in [7, 11) is 0. The molecule has 0 radical (unpaired) electrons. The fourth-order valence-corrected chi connectivity index (χ4v) is 3.01. The molecule has 0 unspecified atom stereocenters. The molecule has 0 aliphatic carbocycles. The number of Topliss-reactive ketones (excluding diaryl/α,β-unsaturated/α-hetero) is 1. The van der Waals surface area contributed by atoms with E-state index in [0.29, 0.717) is 6.42 Å². The number of hydrogen-bond acceptors (Lipinski definition) is 3. The van der Waals surface area contributed by atoms with Crippen LogP contribution in [0.25, 0.3) is 0 Å². The highest BCUT2D eigenvalue weighted by atomic mass is 16.4. The largest absolute Gasteiger partial charge is 0.480 e. The third kappa shape index (κ3) is 4.82. The molecule has 27 heavy (non-hydrogen) atoms. The summed E-state index contributed by atoms with van der Waals surface area (Å²) < 4.78 is 0. The number of carbonyl (C=O) groups is 3. The molecular formula is C22H25NO4. The van der Waals surface area contributed by atoms with Gasteiger partial charge in [-0.2, -0.15) is 0 Å². The molecule has 0 aliphatic heterocycles. The highest BCUT2D eigenvalue weighted by Crippen LogP contribution is 2.32. The van der Waals surface area contributed by atoms with E-state index in [2.05, 4.69) is 5.32 Å². The zero-order valence-corrected chi connectivity index (χ0v) is 15.6. The van der Waals surface area contributed by atoms with Crippen molar-refractivity contribution >= 4 is 17.7 Å². The maximum Gasteiger partial charge on any atom is 0.326 e. The van der Waals surface area contributed by atoms with Crippen LogP contribution in [0.2, 0.25) is 0 Å². The van der Waals surface area contributed by atoms with Gasteiger partial charge in [-0.3, -0.25) is 9.59 Å². The van der Waals surface area contributed by atoms with Crippen LogP contribution in [-0.2, 0) is 19.8 Å². The van der Waals surface area contributed by atoms with E-state index in [1.807, 2.05) is 60.7 Å². The third-order valence-corrected chi connectivity index (χ3v) is 4.87. The number of amides is 1. The van der Waals surface area contributed by atoms with E-state index >= 15 is 0 Å². The Kier molecular flexibility index (Phi) is 6.88. The van der Waals surface area contributed by atoms with Gasteiger partial charge in [-0.25, -0.2) is 4.79 Å². The topological polar surface area (TPSA) is 83.5 Å². The molecule has 0 heterocycles. The zero-order chi connectivity index (χ0) is 19.9. The van der Waals surface area contributed by atoms with Gasteiger partial charge in [-0.15, -0.1) is 0 Å². The normalized spacial score (nSPS) is 12.2. The van der Waals surface area contributed by atoms with Crippen LogP contribution in [0.3, 0.4) is 0 Å². The Morgan fingerprint density at radius 3 is 1.85 bits per heavy atom. The summed E-state index contributed by atoms with van der Waals surface area (Å²) in [5, 5.41) is 12.1. The van der Waals surface area contributed by atoms with Crippen LogP contribution >= 0.6 is 0 Å². The van der Waals surface area contributed by atoms with Crippen LogP contribution in [0.1, 0.15) is 44.2 Å². The van der Waals surface area contributed by atoms with Gasteiger partial charge < -0.3 is 10.4 Å². The predicted octanol–water partition coefficient (Wildman–Crippen LogP) is 3.32. The number of aliphatic carboxylic acids is 1. The zero-order valence-electron chi connectivity index (χ0n) is 15.6. The highest BCUT2D eigenvalue weighted by Gasteiger charge is 2.38. The van der Waals surface area contributed by atoms with E-state index in [9.17, 15) is 19.5 Å². The second-order valence-corrected chi connectivity index (χ2v) is 6.65. The standard InChI is InChI=1S/C22H25NO4/c1-3-18(24)14-15-19(20(25)26)23-21(27)22(2,16-10-6-4-7-11-16)17-12-8-5-9-13-17/h4-13,19H,3,14-15H2,1-2H3,(H,23,27)(H,25,26)/t19-/m0/s1. The van der Waals surface area contributed by atoms with Crippen molar-refractivity contribution in [2.75, 3.05) is 0 Å². The Balaban J connectivity index is 2.34. The number of rotatable bonds is 9. The number of carboxylic acids is 1. The van der Waals surface area contributed by atoms with E-state index in [1.54, 1.807) is 13.8 Å². The summed E-state index contributed by atoms with van der Waals surface area (Å²) in [6.07, 6.45) is 0.556. The van der Waals surface area contributed by atoms with Gasteiger partial charge in [0.05, 0.1) is 5.41 Å². The summed E-state index contributed by atoms with van der Waals surface area (Å²) in [5.41, 5.74) is 0.482. The van der Waals surface area contributed by atoms with Crippen LogP contribution in [-0.4, -0.2) is 28.8 Å². The predicted molar refractivity (Wildman–Crippen MR) is 103 cm³/mol. The minimum Gasteiger partial charge on any atom is -0.480 e. The van der Waals surface area contributed by atoms with E-state index in [-0.39, 0.29) is 18.6 Å². The van der Waals surface area contributed by atoms with Crippen LogP contribution in [0.4, 0.5) is 0 Å². The first-order chi connectivity index (χ1) is 12.9. The van der Waals surface area contributed by atoms with Crippen molar-refractivity contribution < 1.29 is 19.5 Å². The number of ketones is 1. The van der Waals surface area contributed by atoms with Crippen molar-refractivity contribution in [3.8, 4) is 0 Å². The Hall–Kier alpha value is -2.95. The maximum absolute atomic E-state index is 13.2. The lowest BCUT2D eigenvalue weighted by molar-refractivity contribution is -0.142. The number of hydrogen-bond donors (Lipinski definition) is 2. The lowest BCUT2D eigenvalue weighted by atomic mass is 9.75. The smallest absolute Gasteiger partial charge is 0.326 e. The van der Waals surface area contributed by atoms with Crippen LogP contribution in [0.15, 0.2) is 60.7 Å². The molecule has 142 valence electrons. The van der Waals surface area contributed by atoms with E-state index < -0.39 is 23.3 Å². The molecule has 0 bridgehead atoms. The quantitative estimate of drug-likeness (QED) is 0.712. The maximum atomic E-state index is 13.2.